The van der Waals surface area contributed by atoms with E-state index in [1.54, 1.807) is 6.07 Å². The van der Waals surface area contributed by atoms with Crippen LogP contribution in [-0.4, -0.2) is 36.3 Å². The number of carbonyl (C=O) groups excluding carboxylic acids is 1. The summed E-state index contributed by atoms with van der Waals surface area (Å²) >= 11 is 0. The summed E-state index contributed by atoms with van der Waals surface area (Å²) in [5.41, 5.74) is -3.39. The average Bonchev–Trinajstić information content (AvgIpc) is 2.98. The Morgan fingerprint density at radius 1 is 1.32 bits per heavy atom. The molecule has 1 heterocycles. The van der Waals surface area contributed by atoms with Gasteiger partial charge >= 0.3 is 6.18 Å². The van der Waals surface area contributed by atoms with E-state index in [2.05, 4.69) is 10.6 Å². The van der Waals surface area contributed by atoms with Gasteiger partial charge in [-0.25, -0.2) is 0 Å². The molecule has 2 atom stereocenters. The highest BCUT2D eigenvalue weighted by Gasteiger charge is 2.55. The molecule has 2 unspecified atom stereocenters. The Morgan fingerprint density at radius 3 is 2.45 bits per heavy atom. The number of benzene rings is 1. The first-order chi connectivity index (χ1) is 9.84. The van der Waals surface area contributed by atoms with E-state index in [9.17, 15) is 23.1 Å². The highest BCUT2D eigenvalue weighted by atomic mass is 35.5. The molecular formula is C14H18ClF3N2O2. The van der Waals surface area contributed by atoms with E-state index in [0.29, 0.717) is 13.0 Å². The van der Waals surface area contributed by atoms with Gasteiger partial charge in [-0.15, -0.1) is 12.4 Å². The van der Waals surface area contributed by atoms with Crippen molar-refractivity contribution in [2.24, 2.45) is 0 Å². The molecule has 22 heavy (non-hydrogen) atoms. The summed E-state index contributed by atoms with van der Waals surface area (Å²) in [6, 6.07) is 6.26. The van der Waals surface area contributed by atoms with Crippen molar-refractivity contribution in [3.63, 3.8) is 0 Å². The quantitative estimate of drug-likeness (QED) is 0.783. The Labute approximate surface area is 132 Å². The van der Waals surface area contributed by atoms with Crippen LogP contribution in [0.1, 0.15) is 18.4 Å². The maximum atomic E-state index is 13.2. The molecule has 124 valence electrons. The lowest BCUT2D eigenvalue weighted by molar-refractivity contribution is -0.264. The maximum absolute atomic E-state index is 13.2. The van der Waals surface area contributed by atoms with Crippen molar-refractivity contribution in [2.45, 2.75) is 30.7 Å². The molecule has 1 fully saturated rings. The summed E-state index contributed by atoms with van der Waals surface area (Å²) in [6.45, 7) is -0.238. The van der Waals surface area contributed by atoms with Crippen LogP contribution in [0.15, 0.2) is 30.3 Å². The first-order valence-electron chi connectivity index (χ1n) is 6.70. The number of hydrogen-bond donors (Lipinski definition) is 3. The minimum atomic E-state index is -4.88. The van der Waals surface area contributed by atoms with Crippen molar-refractivity contribution in [3.05, 3.63) is 35.9 Å². The molecule has 1 saturated heterocycles. The van der Waals surface area contributed by atoms with Crippen molar-refractivity contribution < 1.29 is 23.1 Å². The predicted octanol–water partition coefficient (Wildman–Crippen LogP) is 1.73. The van der Waals surface area contributed by atoms with Gasteiger partial charge in [-0.2, -0.15) is 13.2 Å². The van der Waals surface area contributed by atoms with E-state index in [4.69, 9.17) is 0 Å². The van der Waals surface area contributed by atoms with Gasteiger partial charge in [-0.05, 0) is 24.9 Å². The van der Waals surface area contributed by atoms with Crippen molar-refractivity contribution in [2.75, 3.05) is 13.1 Å². The summed E-state index contributed by atoms with van der Waals surface area (Å²) in [7, 11) is 0. The molecule has 0 saturated carbocycles. The van der Waals surface area contributed by atoms with Crippen LogP contribution in [0.3, 0.4) is 0 Å². The molecule has 0 spiro atoms. The largest absolute Gasteiger partial charge is 0.423 e. The molecule has 0 radical (unpaired) electrons. The monoisotopic (exact) mass is 338 g/mol. The minimum absolute atomic E-state index is 0. The van der Waals surface area contributed by atoms with Crippen LogP contribution >= 0.6 is 12.4 Å². The fourth-order valence-electron chi connectivity index (χ4n) is 2.33. The molecule has 2 rings (SSSR count). The Balaban J connectivity index is 0.00000242. The van der Waals surface area contributed by atoms with Crippen molar-refractivity contribution in [1.29, 1.82) is 0 Å². The number of nitrogens with one attached hydrogen (secondary N) is 2. The standard InChI is InChI=1S/C14H17F3N2O2.ClH/c15-14(16,17)13(21,10-5-2-1-3-6-10)9-19-12(20)11-7-4-8-18-11;/h1-3,5-6,11,18,21H,4,7-9H2,(H,19,20);1H. The van der Waals surface area contributed by atoms with Crippen LogP contribution in [0, 0.1) is 0 Å². The summed E-state index contributed by atoms with van der Waals surface area (Å²) in [6.07, 6.45) is -3.49. The smallest absolute Gasteiger partial charge is 0.375 e. The summed E-state index contributed by atoms with van der Waals surface area (Å²) in [4.78, 5) is 11.8. The summed E-state index contributed by atoms with van der Waals surface area (Å²) in [5, 5.41) is 15.1. The number of carbonyl (C=O) groups is 1. The fraction of sp³-hybridized carbons (Fsp3) is 0.500. The van der Waals surface area contributed by atoms with Crippen LogP contribution in [0.2, 0.25) is 0 Å². The second-order valence-electron chi connectivity index (χ2n) is 5.09. The zero-order valence-corrected chi connectivity index (χ0v) is 12.5. The summed E-state index contributed by atoms with van der Waals surface area (Å²) < 4.78 is 39.6. The number of alkyl halides is 3. The normalized spacial score (nSPS) is 20.8. The first kappa shape index (κ1) is 18.7. The predicted molar refractivity (Wildman–Crippen MR) is 77.7 cm³/mol. The molecule has 3 N–H and O–H groups in total. The second-order valence-corrected chi connectivity index (χ2v) is 5.09. The van der Waals surface area contributed by atoms with E-state index in [-0.39, 0.29) is 18.0 Å². The number of halogens is 4. The molecule has 0 aromatic heterocycles. The molecule has 4 nitrogen and oxygen atoms in total. The van der Waals surface area contributed by atoms with E-state index < -0.39 is 30.3 Å². The van der Waals surface area contributed by atoms with Gasteiger partial charge in [-0.3, -0.25) is 4.79 Å². The van der Waals surface area contributed by atoms with E-state index >= 15 is 0 Å². The molecule has 1 aromatic rings. The fourth-order valence-corrected chi connectivity index (χ4v) is 2.33. The Morgan fingerprint density at radius 2 is 1.95 bits per heavy atom. The van der Waals surface area contributed by atoms with Gasteiger partial charge in [0.2, 0.25) is 11.5 Å². The van der Waals surface area contributed by atoms with Gasteiger partial charge in [0.05, 0.1) is 12.6 Å². The van der Waals surface area contributed by atoms with Crippen LogP contribution in [0.25, 0.3) is 0 Å². The topological polar surface area (TPSA) is 61.4 Å². The van der Waals surface area contributed by atoms with E-state index in [1.165, 1.54) is 24.3 Å². The van der Waals surface area contributed by atoms with Crippen molar-refractivity contribution in [3.8, 4) is 0 Å². The first-order valence-corrected chi connectivity index (χ1v) is 6.70. The Bertz CT molecular complexity index is 493. The van der Waals surface area contributed by atoms with Crippen LogP contribution < -0.4 is 10.6 Å². The molecule has 0 aliphatic carbocycles. The molecule has 1 aliphatic rings. The van der Waals surface area contributed by atoms with Gasteiger partial charge in [0.1, 0.15) is 0 Å². The minimum Gasteiger partial charge on any atom is -0.375 e. The molecule has 1 aromatic carbocycles. The third-order valence-electron chi connectivity index (χ3n) is 3.62. The lowest BCUT2D eigenvalue weighted by Gasteiger charge is -2.31. The average molecular weight is 339 g/mol. The lowest BCUT2D eigenvalue weighted by Crippen LogP contribution is -2.53. The van der Waals surface area contributed by atoms with Gasteiger partial charge in [-0.1, -0.05) is 30.3 Å². The lowest BCUT2D eigenvalue weighted by atomic mass is 9.93. The molecular weight excluding hydrogens is 321 g/mol. The Hall–Kier alpha value is -1.31. The Kier molecular flexibility index (Phi) is 6.22. The molecule has 1 aliphatic heterocycles. The molecule has 8 heteroatoms. The number of rotatable bonds is 4. The second kappa shape index (κ2) is 7.30. The van der Waals surface area contributed by atoms with Crippen LogP contribution in [-0.2, 0) is 10.4 Å². The molecule has 1 amide bonds. The highest BCUT2D eigenvalue weighted by molar-refractivity contribution is 5.85. The van der Waals surface area contributed by atoms with Crippen LogP contribution in [0.4, 0.5) is 13.2 Å². The number of aliphatic hydroxyl groups is 1. The van der Waals surface area contributed by atoms with Gasteiger partial charge in [0.25, 0.3) is 0 Å². The highest BCUT2D eigenvalue weighted by Crippen LogP contribution is 2.38. The van der Waals surface area contributed by atoms with Crippen LogP contribution in [0.5, 0.6) is 0 Å². The number of amides is 1. The van der Waals surface area contributed by atoms with Gasteiger partial charge < -0.3 is 15.7 Å². The zero-order valence-electron chi connectivity index (χ0n) is 11.7. The van der Waals surface area contributed by atoms with E-state index in [1.807, 2.05) is 0 Å². The third-order valence-corrected chi connectivity index (χ3v) is 3.62. The van der Waals surface area contributed by atoms with Crippen molar-refractivity contribution >= 4 is 18.3 Å². The molecule has 0 bridgehead atoms. The summed E-state index contributed by atoms with van der Waals surface area (Å²) in [5.74, 6) is -0.522. The zero-order chi connectivity index (χ0) is 15.5. The SMILES string of the molecule is Cl.O=C(NCC(O)(c1ccccc1)C(F)(F)F)C1CCCN1. The maximum Gasteiger partial charge on any atom is 0.423 e. The van der Waals surface area contributed by atoms with Gasteiger partial charge in [0, 0.05) is 0 Å². The van der Waals surface area contributed by atoms with E-state index in [0.717, 1.165) is 6.42 Å². The third kappa shape index (κ3) is 3.91. The van der Waals surface area contributed by atoms with Crippen molar-refractivity contribution in [1.82, 2.24) is 10.6 Å². The van der Waals surface area contributed by atoms with Gasteiger partial charge in [0.15, 0.2) is 0 Å². The number of hydrogen-bond acceptors (Lipinski definition) is 3.